The molecule has 4 nitrogen and oxygen atoms in total. The molecule has 0 aliphatic rings. The summed E-state index contributed by atoms with van der Waals surface area (Å²) in [5.74, 6) is 0.773. The van der Waals surface area contributed by atoms with Crippen LogP contribution in [0, 0.1) is 0 Å². The molecule has 0 bridgehead atoms. The Hall–Kier alpha value is -0.970. The molecular formula is C14H22Cl2N4. The third kappa shape index (κ3) is 6.46. The van der Waals surface area contributed by atoms with E-state index in [1.165, 1.54) is 0 Å². The average molecular weight is 317 g/mol. The zero-order valence-corrected chi connectivity index (χ0v) is 13.7. The van der Waals surface area contributed by atoms with Crippen molar-refractivity contribution in [1.29, 1.82) is 0 Å². The summed E-state index contributed by atoms with van der Waals surface area (Å²) < 4.78 is 0. The number of nitrogens with one attached hydrogen (secondary N) is 2. The van der Waals surface area contributed by atoms with Crippen molar-refractivity contribution in [2.75, 3.05) is 34.2 Å². The van der Waals surface area contributed by atoms with Crippen molar-refractivity contribution in [3.63, 3.8) is 0 Å². The summed E-state index contributed by atoms with van der Waals surface area (Å²) in [6.07, 6.45) is 1.06. The third-order valence-corrected chi connectivity index (χ3v) is 3.35. The molecule has 0 amide bonds. The average Bonchev–Trinajstić information content (AvgIpc) is 2.39. The lowest BCUT2D eigenvalue weighted by Crippen LogP contribution is -2.38. The van der Waals surface area contributed by atoms with Crippen LogP contribution in [0.15, 0.2) is 23.2 Å². The molecule has 0 atom stereocenters. The highest BCUT2D eigenvalue weighted by atomic mass is 35.5. The molecular weight excluding hydrogens is 295 g/mol. The highest BCUT2D eigenvalue weighted by Crippen LogP contribution is 2.20. The van der Waals surface area contributed by atoms with E-state index >= 15 is 0 Å². The monoisotopic (exact) mass is 316 g/mol. The summed E-state index contributed by atoms with van der Waals surface area (Å²) >= 11 is 12.0. The molecule has 0 saturated carbocycles. The topological polar surface area (TPSA) is 39.7 Å². The fraction of sp³-hybridized carbons (Fsp3) is 0.500. The van der Waals surface area contributed by atoms with Gasteiger partial charge in [0.25, 0.3) is 0 Å². The highest BCUT2D eigenvalue weighted by molar-refractivity contribution is 6.35. The van der Waals surface area contributed by atoms with Crippen LogP contribution in [0.1, 0.15) is 12.0 Å². The maximum absolute atomic E-state index is 6.13. The van der Waals surface area contributed by atoms with Crippen LogP contribution in [0.4, 0.5) is 0 Å². The first-order valence-electron chi connectivity index (χ1n) is 6.56. The molecule has 0 aliphatic carbocycles. The smallest absolute Gasteiger partial charge is 0.191 e. The van der Waals surface area contributed by atoms with Crippen molar-refractivity contribution in [3.8, 4) is 0 Å². The lowest BCUT2D eigenvalue weighted by molar-refractivity contribution is 0.399. The van der Waals surface area contributed by atoms with Gasteiger partial charge in [-0.05, 0) is 44.8 Å². The molecule has 1 aromatic rings. The van der Waals surface area contributed by atoms with Crippen LogP contribution in [0.5, 0.6) is 0 Å². The number of aliphatic imine (C=N–C) groups is 1. The molecule has 0 spiro atoms. The number of guanidine groups is 1. The molecule has 2 N–H and O–H groups in total. The van der Waals surface area contributed by atoms with E-state index in [0.29, 0.717) is 16.6 Å². The lowest BCUT2D eigenvalue weighted by Gasteiger charge is -2.14. The zero-order chi connectivity index (χ0) is 15.0. The van der Waals surface area contributed by atoms with Crippen LogP contribution in [0.2, 0.25) is 10.0 Å². The third-order valence-electron chi connectivity index (χ3n) is 2.76. The summed E-state index contributed by atoms with van der Waals surface area (Å²) in [6.45, 7) is 2.54. The quantitative estimate of drug-likeness (QED) is 0.481. The van der Waals surface area contributed by atoms with Crippen LogP contribution in [-0.4, -0.2) is 45.1 Å². The van der Waals surface area contributed by atoms with Crippen LogP contribution < -0.4 is 10.6 Å². The van der Waals surface area contributed by atoms with Gasteiger partial charge in [0.05, 0.1) is 0 Å². The molecule has 1 aromatic carbocycles. The second-order valence-electron chi connectivity index (χ2n) is 4.75. The Morgan fingerprint density at radius 2 is 2.00 bits per heavy atom. The van der Waals surface area contributed by atoms with Crippen LogP contribution in [-0.2, 0) is 6.54 Å². The van der Waals surface area contributed by atoms with Crippen molar-refractivity contribution in [2.45, 2.75) is 13.0 Å². The van der Waals surface area contributed by atoms with E-state index in [4.69, 9.17) is 23.2 Å². The molecule has 0 radical (unpaired) electrons. The second kappa shape index (κ2) is 9.06. The minimum atomic E-state index is 0.614. The molecule has 0 aromatic heterocycles. The van der Waals surface area contributed by atoms with Gasteiger partial charge in [0, 0.05) is 30.2 Å². The zero-order valence-electron chi connectivity index (χ0n) is 12.2. The lowest BCUT2D eigenvalue weighted by atomic mass is 10.2. The predicted octanol–water partition coefficient (Wildman–Crippen LogP) is 2.61. The van der Waals surface area contributed by atoms with Gasteiger partial charge < -0.3 is 15.5 Å². The Balaban J connectivity index is 2.38. The van der Waals surface area contributed by atoms with Gasteiger partial charge in [-0.15, -0.1) is 0 Å². The van der Waals surface area contributed by atoms with Crippen molar-refractivity contribution in [1.82, 2.24) is 15.5 Å². The summed E-state index contributed by atoms with van der Waals surface area (Å²) in [7, 11) is 5.88. The largest absolute Gasteiger partial charge is 0.356 e. The van der Waals surface area contributed by atoms with Gasteiger partial charge in [-0.25, -0.2) is 0 Å². The first-order chi connectivity index (χ1) is 9.52. The molecule has 0 fully saturated rings. The van der Waals surface area contributed by atoms with Crippen molar-refractivity contribution < 1.29 is 0 Å². The van der Waals surface area contributed by atoms with E-state index in [-0.39, 0.29) is 0 Å². The number of hydrogen-bond acceptors (Lipinski definition) is 2. The molecule has 112 valence electrons. The van der Waals surface area contributed by atoms with Gasteiger partial charge in [-0.2, -0.15) is 0 Å². The van der Waals surface area contributed by atoms with Gasteiger partial charge in [0.2, 0.25) is 0 Å². The summed E-state index contributed by atoms with van der Waals surface area (Å²) in [5.41, 5.74) is 0.993. The number of halogens is 2. The normalized spacial score (nSPS) is 11.8. The van der Waals surface area contributed by atoms with Gasteiger partial charge in [0.1, 0.15) is 0 Å². The Kier molecular flexibility index (Phi) is 7.73. The van der Waals surface area contributed by atoms with E-state index in [1.54, 1.807) is 13.1 Å². The van der Waals surface area contributed by atoms with Crippen LogP contribution >= 0.6 is 23.2 Å². The molecule has 20 heavy (non-hydrogen) atoms. The number of benzene rings is 1. The van der Waals surface area contributed by atoms with Crippen molar-refractivity contribution in [3.05, 3.63) is 33.8 Å². The van der Waals surface area contributed by atoms with Gasteiger partial charge in [0.15, 0.2) is 5.96 Å². The fourth-order valence-corrected chi connectivity index (χ4v) is 2.14. The standard InChI is InChI=1S/C14H22Cl2N4/c1-17-14(18-7-4-8-20(2)3)19-10-11-5-6-12(15)9-13(11)16/h5-6,9H,4,7-8,10H2,1-3H3,(H2,17,18,19). The fourth-order valence-electron chi connectivity index (χ4n) is 1.67. The predicted molar refractivity (Wildman–Crippen MR) is 87.8 cm³/mol. The molecule has 1 rings (SSSR count). The van der Waals surface area contributed by atoms with Crippen molar-refractivity contribution in [2.24, 2.45) is 4.99 Å². The van der Waals surface area contributed by atoms with Crippen LogP contribution in [0.3, 0.4) is 0 Å². The van der Waals surface area contributed by atoms with E-state index in [0.717, 1.165) is 31.0 Å². The Morgan fingerprint density at radius 3 is 2.60 bits per heavy atom. The van der Waals surface area contributed by atoms with E-state index < -0.39 is 0 Å². The molecule has 6 heteroatoms. The van der Waals surface area contributed by atoms with E-state index in [9.17, 15) is 0 Å². The second-order valence-corrected chi connectivity index (χ2v) is 5.59. The van der Waals surface area contributed by atoms with E-state index in [1.807, 2.05) is 12.1 Å². The summed E-state index contributed by atoms with van der Waals surface area (Å²) in [6, 6.07) is 5.49. The van der Waals surface area contributed by atoms with E-state index in [2.05, 4.69) is 34.6 Å². The molecule has 0 heterocycles. The molecule has 0 unspecified atom stereocenters. The molecule has 0 aliphatic heterocycles. The Bertz CT molecular complexity index is 447. The first-order valence-corrected chi connectivity index (χ1v) is 7.31. The van der Waals surface area contributed by atoms with Gasteiger partial charge in [-0.1, -0.05) is 29.3 Å². The number of hydrogen-bond donors (Lipinski definition) is 2. The Labute approximate surface area is 131 Å². The first kappa shape index (κ1) is 17.1. The SMILES string of the molecule is CN=C(NCCCN(C)C)NCc1ccc(Cl)cc1Cl. The minimum absolute atomic E-state index is 0.614. The van der Waals surface area contributed by atoms with Crippen molar-refractivity contribution >= 4 is 29.2 Å². The molecule has 0 saturated heterocycles. The maximum atomic E-state index is 6.13. The maximum Gasteiger partial charge on any atom is 0.191 e. The summed E-state index contributed by atoms with van der Waals surface area (Å²) in [5, 5.41) is 7.80. The Morgan fingerprint density at radius 1 is 1.25 bits per heavy atom. The highest BCUT2D eigenvalue weighted by Gasteiger charge is 2.03. The van der Waals surface area contributed by atoms with Crippen LogP contribution in [0.25, 0.3) is 0 Å². The minimum Gasteiger partial charge on any atom is -0.356 e. The summed E-state index contributed by atoms with van der Waals surface area (Å²) in [4.78, 5) is 6.34. The van der Waals surface area contributed by atoms with Gasteiger partial charge in [-0.3, -0.25) is 4.99 Å². The number of nitrogens with zero attached hydrogens (tertiary/aromatic N) is 2. The number of rotatable bonds is 6. The van der Waals surface area contributed by atoms with Gasteiger partial charge >= 0.3 is 0 Å².